The molecule has 0 saturated carbocycles. The highest BCUT2D eigenvalue weighted by Gasteiger charge is 2.31. The monoisotopic (exact) mass is 486 g/mol. The largest absolute Gasteiger partial charge is 0.484 e. The molecule has 0 aliphatic rings. The van der Waals surface area contributed by atoms with Gasteiger partial charge in [-0.1, -0.05) is 73.2 Å². The smallest absolute Gasteiger partial charge is 0.261 e. The topological polar surface area (TPSA) is 58.6 Å². The average Bonchev–Trinajstić information content (AvgIpc) is 2.87. The van der Waals surface area contributed by atoms with Crippen LogP contribution in [0.1, 0.15) is 48.1 Å². The van der Waals surface area contributed by atoms with Crippen molar-refractivity contribution < 1.29 is 14.3 Å². The SMILES string of the molecule is CC[C@@H](C)NC(=O)[C@H](Cc1ccccc1)N(Cc1cccc(C)c1)C(=O)COc1ccc(C)c(C)c1. The lowest BCUT2D eigenvalue weighted by atomic mass is 10.0. The van der Waals surface area contributed by atoms with Crippen LogP contribution in [0, 0.1) is 20.8 Å². The van der Waals surface area contributed by atoms with Gasteiger partial charge in [0.1, 0.15) is 11.8 Å². The van der Waals surface area contributed by atoms with Crippen molar-refractivity contribution in [3.05, 3.63) is 101 Å². The maximum Gasteiger partial charge on any atom is 0.261 e. The van der Waals surface area contributed by atoms with E-state index < -0.39 is 6.04 Å². The molecule has 0 bridgehead atoms. The molecule has 0 radical (unpaired) electrons. The van der Waals surface area contributed by atoms with Crippen LogP contribution < -0.4 is 10.1 Å². The van der Waals surface area contributed by atoms with Gasteiger partial charge in [-0.2, -0.15) is 0 Å². The molecule has 0 heterocycles. The number of hydrogen-bond donors (Lipinski definition) is 1. The van der Waals surface area contributed by atoms with Crippen molar-refractivity contribution in [3.8, 4) is 5.75 Å². The van der Waals surface area contributed by atoms with Gasteiger partial charge in [0.2, 0.25) is 5.91 Å². The molecule has 3 aromatic carbocycles. The second-order valence-electron chi connectivity index (χ2n) is 9.57. The van der Waals surface area contributed by atoms with E-state index in [4.69, 9.17) is 4.74 Å². The van der Waals surface area contributed by atoms with Crippen LogP contribution in [0.4, 0.5) is 0 Å². The third kappa shape index (κ3) is 7.70. The summed E-state index contributed by atoms with van der Waals surface area (Å²) in [5.74, 6) is 0.265. The lowest BCUT2D eigenvalue weighted by Crippen LogP contribution is -2.53. The van der Waals surface area contributed by atoms with Crippen LogP contribution in [0.3, 0.4) is 0 Å². The van der Waals surface area contributed by atoms with Crippen LogP contribution in [-0.4, -0.2) is 35.4 Å². The van der Waals surface area contributed by atoms with E-state index in [-0.39, 0.29) is 24.5 Å². The molecule has 0 aromatic heterocycles. The molecule has 5 heteroatoms. The zero-order valence-electron chi connectivity index (χ0n) is 22.1. The summed E-state index contributed by atoms with van der Waals surface area (Å²) >= 11 is 0. The molecular weight excluding hydrogens is 448 g/mol. The van der Waals surface area contributed by atoms with E-state index >= 15 is 0 Å². The number of carbonyl (C=O) groups excluding carboxylic acids is 2. The first-order chi connectivity index (χ1) is 17.3. The Hall–Kier alpha value is -3.60. The van der Waals surface area contributed by atoms with Gasteiger partial charge < -0.3 is 15.0 Å². The predicted octanol–water partition coefficient (Wildman–Crippen LogP) is 5.55. The van der Waals surface area contributed by atoms with E-state index in [0.29, 0.717) is 18.7 Å². The Labute approximate surface area is 215 Å². The van der Waals surface area contributed by atoms with E-state index in [1.54, 1.807) is 4.90 Å². The van der Waals surface area contributed by atoms with Gasteiger partial charge in [0, 0.05) is 19.0 Å². The van der Waals surface area contributed by atoms with Gasteiger partial charge in [-0.3, -0.25) is 9.59 Å². The first kappa shape index (κ1) is 27.0. The van der Waals surface area contributed by atoms with Crippen LogP contribution >= 0.6 is 0 Å². The number of aryl methyl sites for hydroxylation is 3. The number of rotatable bonds is 11. The molecular formula is C31H38N2O3. The zero-order chi connectivity index (χ0) is 26.1. The molecule has 3 aromatic rings. The molecule has 0 fully saturated rings. The van der Waals surface area contributed by atoms with Crippen LogP contribution in [0.25, 0.3) is 0 Å². The summed E-state index contributed by atoms with van der Waals surface area (Å²) < 4.78 is 5.91. The van der Waals surface area contributed by atoms with Crippen LogP contribution in [0.15, 0.2) is 72.8 Å². The van der Waals surface area contributed by atoms with Gasteiger partial charge in [0.15, 0.2) is 6.61 Å². The predicted molar refractivity (Wildman–Crippen MR) is 145 cm³/mol. The Morgan fingerprint density at radius 1 is 0.889 bits per heavy atom. The van der Waals surface area contributed by atoms with Gasteiger partial charge >= 0.3 is 0 Å². The third-order valence-electron chi connectivity index (χ3n) is 6.55. The lowest BCUT2D eigenvalue weighted by molar-refractivity contribution is -0.143. The fraction of sp³-hybridized carbons (Fsp3) is 0.355. The molecule has 2 atom stereocenters. The number of nitrogens with one attached hydrogen (secondary N) is 1. The number of benzene rings is 3. The fourth-order valence-electron chi connectivity index (χ4n) is 4.03. The number of amides is 2. The molecule has 3 rings (SSSR count). The number of carbonyl (C=O) groups is 2. The highest BCUT2D eigenvalue weighted by molar-refractivity contribution is 5.88. The lowest BCUT2D eigenvalue weighted by Gasteiger charge is -2.32. The molecule has 0 aliphatic heterocycles. The van der Waals surface area contributed by atoms with E-state index in [1.807, 2.05) is 101 Å². The molecule has 0 aliphatic carbocycles. The molecule has 1 N–H and O–H groups in total. The molecule has 0 saturated heterocycles. The first-order valence-electron chi connectivity index (χ1n) is 12.7. The Morgan fingerprint density at radius 2 is 1.61 bits per heavy atom. The summed E-state index contributed by atoms with van der Waals surface area (Å²) in [6, 6.07) is 23.0. The van der Waals surface area contributed by atoms with Crippen molar-refractivity contribution in [1.29, 1.82) is 0 Å². The second kappa shape index (κ2) is 12.9. The molecule has 0 unspecified atom stereocenters. The van der Waals surface area contributed by atoms with Crippen molar-refractivity contribution in [2.75, 3.05) is 6.61 Å². The van der Waals surface area contributed by atoms with Crippen molar-refractivity contribution in [2.45, 2.75) is 66.1 Å². The van der Waals surface area contributed by atoms with E-state index in [9.17, 15) is 9.59 Å². The summed E-state index contributed by atoms with van der Waals surface area (Å²) in [6.07, 6.45) is 1.23. The van der Waals surface area contributed by atoms with Gasteiger partial charge in [-0.15, -0.1) is 0 Å². The maximum absolute atomic E-state index is 13.7. The number of ether oxygens (including phenoxy) is 1. The maximum atomic E-state index is 13.7. The Kier molecular flexibility index (Phi) is 9.69. The number of nitrogens with zero attached hydrogens (tertiary/aromatic N) is 1. The van der Waals surface area contributed by atoms with Crippen LogP contribution in [0.2, 0.25) is 0 Å². The first-order valence-corrected chi connectivity index (χ1v) is 12.7. The van der Waals surface area contributed by atoms with Crippen molar-refractivity contribution >= 4 is 11.8 Å². The van der Waals surface area contributed by atoms with Crippen LogP contribution in [-0.2, 0) is 22.6 Å². The van der Waals surface area contributed by atoms with E-state index in [0.717, 1.165) is 28.7 Å². The Morgan fingerprint density at radius 3 is 2.28 bits per heavy atom. The summed E-state index contributed by atoms with van der Waals surface area (Å²) in [6.45, 7) is 10.3. The fourth-order valence-corrected chi connectivity index (χ4v) is 4.03. The Bertz CT molecular complexity index is 1160. The van der Waals surface area contributed by atoms with E-state index in [2.05, 4.69) is 11.4 Å². The third-order valence-corrected chi connectivity index (χ3v) is 6.55. The second-order valence-corrected chi connectivity index (χ2v) is 9.57. The number of hydrogen-bond acceptors (Lipinski definition) is 3. The minimum atomic E-state index is -0.669. The van der Waals surface area contributed by atoms with Gasteiger partial charge in [0.25, 0.3) is 5.91 Å². The average molecular weight is 487 g/mol. The van der Waals surface area contributed by atoms with E-state index in [1.165, 1.54) is 5.56 Å². The summed E-state index contributed by atoms with van der Waals surface area (Å²) in [4.78, 5) is 28.9. The Balaban J connectivity index is 1.91. The minimum absolute atomic E-state index is 0.0125. The van der Waals surface area contributed by atoms with Crippen molar-refractivity contribution in [1.82, 2.24) is 10.2 Å². The highest BCUT2D eigenvalue weighted by Crippen LogP contribution is 2.19. The van der Waals surface area contributed by atoms with Gasteiger partial charge in [-0.25, -0.2) is 0 Å². The normalized spacial score (nSPS) is 12.5. The minimum Gasteiger partial charge on any atom is -0.484 e. The molecule has 2 amide bonds. The standard InChI is InChI=1S/C31H38N2O3/c1-6-25(5)32-31(35)29(19-26-12-8-7-9-13-26)33(20-27-14-10-11-22(2)17-27)30(34)21-36-28-16-15-23(3)24(4)18-28/h7-18,25,29H,6,19-21H2,1-5H3,(H,32,35)/t25-,29+/m1/s1. The van der Waals surface area contributed by atoms with Crippen LogP contribution in [0.5, 0.6) is 5.75 Å². The van der Waals surface area contributed by atoms with Gasteiger partial charge in [0.05, 0.1) is 0 Å². The summed E-state index contributed by atoms with van der Waals surface area (Å²) in [5, 5.41) is 3.10. The molecule has 5 nitrogen and oxygen atoms in total. The van der Waals surface area contributed by atoms with Gasteiger partial charge in [-0.05, 0) is 68.5 Å². The summed E-state index contributed by atoms with van der Waals surface area (Å²) in [5.41, 5.74) is 5.35. The molecule has 36 heavy (non-hydrogen) atoms. The zero-order valence-corrected chi connectivity index (χ0v) is 22.1. The molecule has 0 spiro atoms. The quantitative estimate of drug-likeness (QED) is 0.387. The van der Waals surface area contributed by atoms with Crippen molar-refractivity contribution in [2.24, 2.45) is 0 Å². The summed E-state index contributed by atoms with van der Waals surface area (Å²) in [7, 11) is 0. The highest BCUT2D eigenvalue weighted by atomic mass is 16.5. The molecule has 190 valence electrons. The van der Waals surface area contributed by atoms with Crippen molar-refractivity contribution in [3.63, 3.8) is 0 Å².